The van der Waals surface area contributed by atoms with Gasteiger partial charge in [0.2, 0.25) is 5.91 Å². The van der Waals surface area contributed by atoms with E-state index in [2.05, 4.69) is 38.4 Å². The van der Waals surface area contributed by atoms with Crippen LogP contribution in [0.3, 0.4) is 0 Å². The number of carbonyl (C=O) groups excluding carboxylic acids is 1. The molecule has 7 heteroatoms. The van der Waals surface area contributed by atoms with Gasteiger partial charge in [-0.15, -0.1) is 0 Å². The SMILES string of the molecule is Cc1cc(C)c2nc(NC(=O)Cn3cc(Br)ccc3=O)sc2c1. The Morgan fingerprint density at radius 2 is 2.13 bits per heavy atom. The number of anilines is 1. The van der Waals surface area contributed by atoms with Crippen molar-refractivity contribution in [1.82, 2.24) is 9.55 Å². The summed E-state index contributed by atoms with van der Waals surface area (Å²) in [7, 11) is 0. The topological polar surface area (TPSA) is 64.0 Å². The van der Waals surface area contributed by atoms with E-state index >= 15 is 0 Å². The molecule has 0 aliphatic rings. The van der Waals surface area contributed by atoms with E-state index in [1.165, 1.54) is 22.0 Å². The van der Waals surface area contributed by atoms with Gasteiger partial charge in [-0.05, 0) is 53.0 Å². The Labute approximate surface area is 145 Å². The maximum Gasteiger partial charge on any atom is 0.251 e. The van der Waals surface area contributed by atoms with E-state index in [9.17, 15) is 9.59 Å². The maximum absolute atomic E-state index is 12.2. The Hall–Kier alpha value is -1.99. The predicted octanol–water partition coefficient (Wildman–Crippen LogP) is 3.48. The number of rotatable bonds is 3. The van der Waals surface area contributed by atoms with Crippen molar-refractivity contribution in [2.45, 2.75) is 20.4 Å². The second-order valence-electron chi connectivity index (χ2n) is 5.31. The lowest BCUT2D eigenvalue weighted by Crippen LogP contribution is -2.26. The Kier molecular flexibility index (Phi) is 4.32. The highest BCUT2D eigenvalue weighted by Crippen LogP contribution is 2.29. The monoisotopic (exact) mass is 391 g/mol. The summed E-state index contributed by atoms with van der Waals surface area (Å²) in [5.41, 5.74) is 2.92. The summed E-state index contributed by atoms with van der Waals surface area (Å²) in [5.74, 6) is -0.279. The quantitative estimate of drug-likeness (QED) is 0.743. The van der Waals surface area contributed by atoms with E-state index < -0.39 is 0 Å². The third-order valence-electron chi connectivity index (χ3n) is 3.34. The molecular formula is C16H14BrN3O2S. The van der Waals surface area contributed by atoms with Gasteiger partial charge in [-0.1, -0.05) is 17.4 Å². The fraction of sp³-hybridized carbons (Fsp3) is 0.188. The predicted molar refractivity (Wildman–Crippen MR) is 96.1 cm³/mol. The number of pyridine rings is 1. The Balaban J connectivity index is 1.81. The standard InChI is InChI=1S/C16H14BrN3O2S/c1-9-5-10(2)15-12(6-9)23-16(19-15)18-13(21)8-20-7-11(17)3-4-14(20)22/h3-7H,8H2,1-2H3,(H,18,19,21). The molecule has 2 aromatic heterocycles. The zero-order valence-electron chi connectivity index (χ0n) is 12.6. The van der Waals surface area contributed by atoms with Crippen LogP contribution in [-0.2, 0) is 11.3 Å². The number of benzene rings is 1. The van der Waals surface area contributed by atoms with E-state index in [0.29, 0.717) is 5.13 Å². The Bertz CT molecular complexity index is 962. The smallest absolute Gasteiger partial charge is 0.251 e. The molecule has 3 aromatic rings. The first-order valence-electron chi connectivity index (χ1n) is 6.96. The van der Waals surface area contributed by atoms with E-state index in [4.69, 9.17) is 0 Å². The van der Waals surface area contributed by atoms with Crippen molar-refractivity contribution in [2.24, 2.45) is 0 Å². The summed E-state index contributed by atoms with van der Waals surface area (Å²) in [4.78, 5) is 28.4. The highest BCUT2D eigenvalue weighted by atomic mass is 79.9. The first-order chi connectivity index (χ1) is 10.9. The lowest BCUT2D eigenvalue weighted by Gasteiger charge is -2.05. The van der Waals surface area contributed by atoms with E-state index in [1.807, 2.05) is 13.8 Å². The number of fused-ring (bicyclic) bond motifs is 1. The molecule has 0 fully saturated rings. The molecule has 0 saturated heterocycles. The molecule has 118 valence electrons. The van der Waals surface area contributed by atoms with Gasteiger partial charge in [0.15, 0.2) is 5.13 Å². The number of nitrogens with one attached hydrogen (secondary N) is 1. The zero-order chi connectivity index (χ0) is 16.6. The molecule has 0 spiro atoms. The lowest BCUT2D eigenvalue weighted by atomic mass is 10.1. The molecule has 5 nitrogen and oxygen atoms in total. The number of amides is 1. The molecule has 3 rings (SSSR count). The molecule has 0 bridgehead atoms. The van der Waals surface area contributed by atoms with Crippen LogP contribution in [0.5, 0.6) is 0 Å². The first-order valence-corrected chi connectivity index (χ1v) is 8.57. The fourth-order valence-electron chi connectivity index (χ4n) is 2.36. The van der Waals surface area contributed by atoms with Gasteiger partial charge in [0.05, 0.1) is 10.2 Å². The number of aromatic nitrogens is 2. The Morgan fingerprint density at radius 3 is 2.91 bits per heavy atom. The molecule has 0 aliphatic carbocycles. The summed E-state index contributed by atoms with van der Waals surface area (Å²) in [5, 5.41) is 3.31. The van der Waals surface area contributed by atoms with Crippen LogP contribution in [0.4, 0.5) is 5.13 Å². The number of carbonyl (C=O) groups is 1. The van der Waals surface area contributed by atoms with Crippen molar-refractivity contribution < 1.29 is 4.79 Å². The van der Waals surface area contributed by atoms with Crippen LogP contribution in [0, 0.1) is 13.8 Å². The molecule has 1 aromatic carbocycles. The van der Waals surface area contributed by atoms with Gasteiger partial charge in [-0.2, -0.15) is 0 Å². The van der Waals surface area contributed by atoms with Gasteiger partial charge < -0.3 is 9.88 Å². The van der Waals surface area contributed by atoms with E-state index in [1.54, 1.807) is 12.3 Å². The minimum atomic E-state index is -0.279. The molecule has 0 saturated carbocycles. The van der Waals surface area contributed by atoms with Crippen molar-refractivity contribution in [3.05, 3.63) is 56.4 Å². The van der Waals surface area contributed by atoms with Crippen molar-refractivity contribution in [3.63, 3.8) is 0 Å². The average Bonchev–Trinajstić information content (AvgIpc) is 2.85. The minimum absolute atomic E-state index is 0.0494. The van der Waals surface area contributed by atoms with Crippen molar-refractivity contribution in [2.75, 3.05) is 5.32 Å². The molecule has 2 heterocycles. The van der Waals surface area contributed by atoms with Crippen LogP contribution < -0.4 is 10.9 Å². The second-order valence-corrected chi connectivity index (χ2v) is 7.26. The maximum atomic E-state index is 12.2. The molecule has 0 atom stereocenters. The van der Waals surface area contributed by atoms with Gasteiger partial charge in [-0.25, -0.2) is 4.98 Å². The average molecular weight is 392 g/mol. The van der Waals surface area contributed by atoms with Crippen molar-refractivity contribution in [3.8, 4) is 0 Å². The number of nitrogens with zero attached hydrogens (tertiary/aromatic N) is 2. The molecule has 1 amide bonds. The third-order valence-corrected chi connectivity index (χ3v) is 4.72. The molecular weight excluding hydrogens is 378 g/mol. The largest absolute Gasteiger partial charge is 0.305 e. The molecule has 23 heavy (non-hydrogen) atoms. The number of hydrogen-bond donors (Lipinski definition) is 1. The van der Waals surface area contributed by atoms with Gasteiger partial charge in [0, 0.05) is 16.7 Å². The molecule has 1 N–H and O–H groups in total. The van der Waals surface area contributed by atoms with Crippen molar-refractivity contribution >= 4 is 48.5 Å². The minimum Gasteiger partial charge on any atom is -0.305 e. The van der Waals surface area contributed by atoms with Gasteiger partial charge in [0.25, 0.3) is 5.56 Å². The molecule has 0 unspecified atom stereocenters. The first kappa shape index (κ1) is 15.9. The van der Waals surface area contributed by atoms with Crippen LogP contribution in [-0.4, -0.2) is 15.5 Å². The van der Waals surface area contributed by atoms with Gasteiger partial charge in [0.1, 0.15) is 6.54 Å². The summed E-state index contributed by atoms with van der Waals surface area (Å²) >= 11 is 4.72. The fourth-order valence-corrected chi connectivity index (χ4v) is 3.80. The number of thiazole rings is 1. The van der Waals surface area contributed by atoms with Gasteiger partial charge in [-0.3, -0.25) is 9.59 Å². The van der Waals surface area contributed by atoms with Gasteiger partial charge >= 0.3 is 0 Å². The Morgan fingerprint density at radius 1 is 1.35 bits per heavy atom. The highest BCUT2D eigenvalue weighted by molar-refractivity contribution is 9.10. The zero-order valence-corrected chi connectivity index (χ0v) is 15.0. The van der Waals surface area contributed by atoms with Crippen LogP contribution in [0.25, 0.3) is 10.2 Å². The highest BCUT2D eigenvalue weighted by Gasteiger charge is 2.11. The van der Waals surface area contributed by atoms with Crippen LogP contribution in [0.2, 0.25) is 0 Å². The molecule has 0 aliphatic heterocycles. The number of halogens is 1. The third kappa shape index (κ3) is 3.51. The van der Waals surface area contributed by atoms with Crippen LogP contribution in [0.15, 0.2) is 39.7 Å². The number of hydrogen-bond acceptors (Lipinski definition) is 4. The summed E-state index contributed by atoms with van der Waals surface area (Å²) < 4.78 is 3.13. The summed E-state index contributed by atoms with van der Waals surface area (Å²) in [6, 6.07) is 7.18. The molecule has 0 radical (unpaired) electrons. The van der Waals surface area contributed by atoms with Crippen LogP contribution >= 0.6 is 27.3 Å². The lowest BCUT2D eigenvalue weighted by molar-refractivity contribution is -0.116. The normalized spacial score (nSPS) is 10.9. The van der Waals surface area contributed by atoms with E-state index in [-0.39, 0.29) is 18.0 Å². The second kappa shape index (κ2) is 6.25. The summed E-state index contributed by atoms with van der Waals surface area (Å²) in [6.45, 7) is 3.98. The number of aryl methyl sites for hydroxylation is 2. The van der Waals surface area contributed by atoms with E-state index in [0.717, 1.165) is 25.8 Å². The summed E-state index contributed by atoms with van der Waals surface area (Å²) in [6.07, 6.45) is 1.59. The van der Waals surface area contributed by atoms with Crippen LogP contribution in [0.1, 0.15) is 11.1 Å². The van der Waals surface area contributed by atoms with Crippen molar-refractivity contribution in [1.29, 1.82) is 0 Å².